The second-order valence-corrected chi connectivity index (χ2v) is 8.20. The van der Waals surface area contributed by atoms with Crippen molar-refractivity contribution >= 4 is 21.5 Å². The van der Waals surface area contributed by atoms with E-state index >= 15 is 0 Å². The molecule has 0 unspecified atom stereocenters. The molecule has 1 N–H and O–H groups in total. The van der Waals surface area contributed by atoms with Crippen molar-refractivity contribution in [2.45, 2.75) is 6.92 Å². The van der Waals surface area contributed by atoms with Crippen molar-refractivity contribution in [3.63, 3.8) is 0 Å². The highest BCUT2D eigenvalue weighted by Crippen LogP contribution is 2.21. The highest BCUT2D eigenvalue weighted by atomic mass is 32.2. The van der Waals surface area contributed by atoms with Crippen LogP contribution < -0.4 is 10.2 Å². The minimum absolute atomic E-state index is 0.00361. The van der Waals surface area contributed by atoms with E-state index in [9.17, 15) is 17.2 Å². The number of nitrogens with one attached hydrogen (secondary N) is 1. The molecule has 140 valence electrons. The molecule has 0 saturated carbocycles. The van der Waals surface area contributed by atoms with Crippen molar-refractivity contribution in [1.82, 2.24) is 10.2 Å². The average molecular weight is 374 g/mol. The number of halogens is 2. The lowest BCUT2D eigenvalue weighted by Crippen LogP contribution is -2.52. The van der Waals surface area contributed by atoms with Gasteiger partial charge in [0.05, 0.1) is 18.0 Å². The van der Waals surface area contributed by atoms with Gasteiger partial charge in [0.1, 0.15) is 21.5 Å². The van der Waals surface area contributed by atoms with Gasteiger partial charge < -0.3 is 15.1 Å². The first-order chi connectivity index (χ1) is 11.8. The quantitative estimate of drug-likeness (QED) is 0.618. The summed E-state index contributed by atoms with van der Waals surface area (Å²) < 4.78 is 49.7. The first-order valence-electron chi connectivity index (χ1n) is 8.21. The van der Waals surface area contributed by atoms with Gasteiger partial charge in [0.25, 0.3) is 0 Å². The minimum Gasteiger partial charge on any atom is -0.366 e. The van der Waals surface area contributed by atoms with E-state index in [0.717, 1.165) is 12.1 Å². The van der Waals surface area contributed by atoms with Gasteiger partial charge in [-0.2, -0.15) is 0 Å². The molecule has 0 bridgehead atoms. The molecule has 0 aliphatic carbocycles. The summed E-state index contributed by atoms with van der Waals surface area (Å²) in [7, 11) is -3.06. The van der Waals surface area contributed by atoms with Crippen LogP contribution in [0.25, 0.3) is 0 Å². The normalized spacial score (nSPS) is 16.2. The molecule has 0 amide bonds. The summed E-state index contributed by atoms with van der Waals surface area (Å²) in [5.41, 5.74) is 0.263. The van der Waals surface area contributed by atoms with Crippen molar-refractivity contribution in [2.24, 2.45) is 4.99 Å². The molecule has 1 aromatic carbocycles. The highest BCUT2D eigenvalue weighted by Gasteiger charge is 2.22. The van der Waals surface area contributed by atoms with E-state index in [1.54, 1.807) is 4.90 Å². The van der Waals surface area contributed by atoms with E-state index in [4.69, 9.17) is 0 Å². The van der Waals surface area contributed by atoms with E-state index in [0.29, 0.717) is 38.7 Å². The van der Waals surface area contributed by atoms with Gasteiger partial charge in [0.15, 0.2) is 5.96 Å². The van der Waals surface area contributed by atoms with Gasteiger partial charge >= 0.3 is 0 Å². The number of sulfone groups is 1. The van der Waals surface area contributed by atoms with Crippen LogP contribution in [0.15, 0.2) is 23.2 Å². The van der Waals surface area contributed by atoms with Crippen molar-refractivity contribution in [2.75, 3.05) is 56.2 Å². The van der Waals surface area contributed by atoms with E-state index in [1.807, 2.05) is 11.8 Å². The van der Waals surface area contributed by atoms with Crippen LogP contribution in [0.2, 0.25) is 0 Å². The largest absolute Gasteiger partial charge is 0.366 e. The number of hydrogen-bond acceptors (Lipinski definition) is 4. The summed E-state index contributed by atoms with van der Waals surface area (Å²) in [4.78, 5) is 8.15. The maximum atomic E-state index is 13.9. The molecule has 0 atom stereocenters. The molecule has 1 aliphatic rings. The Balaban J connectivity index is 2.00. The summed E-state index contributed by atoms with van der Waals surface area (Å²) in [5, 5.41) is 3.14. The third kappa shape index (κ3) is 5.84. The van der Waals surface area contributed by atoms with Crippen molar-refractivity contribution < 1.29 is 17.2 Å². The molecule has 1 heterocycles. The highest BCUT2D eigenvalue weighted by molar-refractivity contribution is 7.90. The lowest BCUT2D eigenvalue weighted by atomic mass is 10.2. The second kappa shape index (κ2) is 8.46. The Morgan fingerprint density at radius 3 is 2.52 bits per heavy atom. The average Bonchev–Trinajstić information content (AvgIpc) is 2.55. The van der Waals surface area contributed by atoms with Gasteiger partial charge in [0.2, 0.25) is 0 Å². The van der Waals surface area contributed by atoms with Crippen molar-refractivity contribution in [3.8, 4) is 0 Å². The van der Waals surface area contributed by atoms with Crippen LogP contribution in [0.1, 0.15) is 6.92 Å². The predicted octanol–water partition coefficient (Wildman–Crippen LogP) is 1.10. The summed E-state index contributed by atoms with van der Waals surface area (Å²) in [6.07, 6.45) is 1.18. The summed E-state index contributed by atoms with van der Waals surface area (Å²) in [6, 6.07) is 3.44. The first-order valence-corrected chi connectivity index (χ1v) is 10.3. The number of hydrogen-bond donors (Lipinski definition) is 1. The van der Waals surface area contributed by atoms with Crippen LogP contribution >= 0.6 is 0 Å². The number of nitrogens with zero attached hydrogens (tertiary/aromatic N) is 3. The van der Waals surface area contributed by atoms with E-state index in [1.165, 1.54) is 12.3 Å². The SMILES string of the molecule is CCNC(=NCCS(C)(=O)=O)N1CCN(c2cc(F)ccc2F)CC1. The Morgan fingerprint density at radius 1 is 1.24 bits per heavy atom. The van der Waals surface area contributed by atoms with Crippen LogP contribution in [0.3, 0.4) is 0 Å². The number of aliphatic imine (C=N–C) groups is 1. The van der Waals surface area contributed by atoms with Crippen LogP contribution in [0.4, 0.5) is 14.5 Å². The van der Waals surface area contributed by atoms with E-state index in [2.05, 4.69) is 10.3 Å². The zero-order valence-corrected chi connectivity index (χ0v) is 15.3. The summed E-state index contributed by atoms with van der Waals surface area (Å²) >= 11 is 0. The fourth-order valence-electron chi connectivity index (χ4n) is 2.63. The molecule has 25 heavy (non-hydrogen) atoms. The monoisotopic (exact) mass is 374 g/mol. The fraction of sp³-hybridized carbons (Fsp3) is 0.562. The molecule has 0 spiro atoms. The van der Waals surface area contributed by atoms with Crippen molar-refractivity contribution in [1.29, 1.82) is 0 Å². The molecular weight excluding hydrogens is 350 g/mol. The molecular formula is C16H24F2N4O2S. The summed E-state index contributed by atoms with van der Waals surface area (Å²) in [6.45, 7) is 5.01. The molecule has 1 aromatic rings. The van der Waals surface area contributed by atoms with Gasteiger partial charge in [-0.15, -0.1) is 0 Å². The topological polar surface area (TPSA) is 65.0 Å². The van der Waals surface area contributed by atoms with Crippen LogP contribution in [0.5, 0.6) is 0 Å². The molecule has 0 radical (unpaired) electrons. The first kappa shape index (κ1) is 19.4. The van der Waals surface area contributed by atoms with E-state index < -0.39 is 21.5 Å². The third-order valence-electron chi connectivity index (χ3n) is 3.89. The standard InChI is InChI=1S/C16H24F2N4O2S/c1-3-19-16(20-6-11-25(2,23)24)22-9-7-21(8-10-22)15-12-13(17)4-5-14(15)18/h4-5,12H,3,6-11H2,1-2H3,(H,19,20). The van der Waals surface area contributed by atoms with Crippen LogP contribution in [-0.2, 0) is 9.84 Å². The Labute approximate surface area is 147 Å². The smallest absolute Gasteiger partial charge is 0.194 e. The number of benzene rings is 1. The number of guanidine groups is 1. The van der Waals surface area contributed by atoms with Crippen LogP contribution in [0, 0.1) is 11.6 Å². The molecule has 2 rings (SSSR count). The minimum atomic E-state index is -3.06. The lowest BCUT2D eigenvalue weighted by molar-refractivity contribution is 0.371. The Bertz CT molecular complexity index is 717. The lowest BCUT2D eigenvalue weighted by Gasteiger charge is -2.37. The van der Waals surface area contributed by atoms with Gasteiger partial charge in [-0.1, -0.05) is 0 Å². The molecule has 1 fully saturated rings. The molecule has 6 nitrogen and oxygen atoms in total. The van der Waals surface area contributed by atoms with Crippen molar-refractivity contribution in [3.05, 3.63) is 29.8 Å². The zero-order valence-electron chi connectivity index (χ0n) is 14.5. The number of anilines is 1. The Kier molecular flexibility index (Phi) is 6.57. The molecule has 0 aromatic heterocycles. The van der Waals surface area contributed by atoms with E-state index in [-0.39, 0.29) is 18.0 Å². The van der Waals surface area contributed by atoms with Gasteiger partial charge in [-0.3, -0.25) is 4.99 Å². The number of piperazine rings is 1. The van der Waals surface area contributed by atoms with Gasteiger partial charge in [-0.25, -0.2) is 17.2 Å². The summed E-state index contributed by atoms with van der Waals surface area (Å²) in [5.74, 6) is -0.264. The number of rotatable bonds is 5. The maximum absolute atomic E-state index is 13.9. The predicted molar refractivity (Wildman–Crippen MR) is 95.8 cm³/mol. The molecule has 1 saturated heterocycles. The van der Waals surface area contributed by atoms with Crippen LogP contribution in [-0.4, -0.2) is 70.6 Å². The maximum Gasteiger partial charge on any atom is 0.194 e. The van der Waals surface area contributed by atoms with Gasteiger partial charge in [-0.05, 0) is 19.1 Å². The van der Waals surface area contributed by atoms with Gasteiger partial charge in [0, 0.05) is 45.0 Å². The Hall–Kier alpha value is -1.90. The fourth-order valence-corrected chi connectivity index (χ4v) is 3.05. The zero-order chi connectivity index (χ0) is 18.4. The Morgan fingerprint density at radius 2 is 1.92 bits per heavy atom. The molecule has 9 heteroatoms. The third-order valence-corrected chi connectivity index (χ3v) is 4.81. The second-order valence-electron chi connectivity index (χ2n) is 5.94. The molecule has 1 aliphatic heterocycles.